The summed E-state index contributed by atoms with van der Waals surface area (Å²) in [6.45, 7) is 9.21. The second-order valence-corrected chi connectivity index (χ2v) is 5.97. The zero-order valence-electron chi connectivity index (χ0n) is 11.0. The van der Waals surface area contributed by atoms with Gasteiger partial charge in [-0.25, -0.2) is 0 Å². The monoisotopic (exact) mass is 256 g/mol. The minimum Gasteiger partial charge on any atom is -0.363 e. The SMILES string of the molecule is CNc1nnc(C(=O)NCC(C)(C)C(C)C)s1. The van der Waals surface area contributed by atoms with Crippen LogP contribution in [0.5, 0.6) is 0 Å². The molecule has 0 aliphatic rings. The predicted octanol–water partition coefficient (Wildman–Crippen LogP) is 1.99. The van der Waals surface area contributed by atoms with Crippen molar-refractivity contribution >= 4 is 22.4 Å². The van der Waals surface area contributed by atoms with E-state index in [1.807, 2.05) is 0 Å². The summed E-state index contributed by atoms with van der Waals surface area (Å²) < 4.78 is 0. The fourth-order valence-corrected chi connectivity index (χ4v) is 1.62. The lowest BCUT2D eigenvalue weighted by atomic mass is 9.81. The predicted molar refractivity (Wildman–Crippen MR) is 70.4 cm³/mol. The highest BCUT2D eigenvalue weighted by molar-refractivity contribution is 7.17. The number of amides is 1. The van der Waals surface area contributed by atoms with Crippen LogP contribution in [0, 0.1) is 11.3 Å². The highest BCUT2D eigenvalue weighted by Crippen LogP contribution is 2.25. The molecule has 1 heterocycles. The molecule has 0 bridgehead atoms. The highest BCUT2D eigenvalue weighted by Gasteiger charge is 2.23. The third kappa shape index (κ3) is 3.66. The first-order valence-corrected chi connectivity index (χ1v) is 6.48. The lowest BCUT2D eigenvalue weighted by molar-refractivity contribution is 0.0923. The van der Waals surface area contributed by atoms with Crippen LogP contribution in [0.3, 0.4) is 0 Å². The van der Waals surface area contributed by atoms with Crippen LogP contribution in [-0.2, 0) is 0 Å². The first-order chi connectivity index (χ1) is 7.86. The van der Waals surface area contributed by atoms with E-state index in [2.05, 4.69) is 48.5 Å². The molecule has 1 aromatic rings. The summed E-state index contributed by atoms with van der Waals surface area (Å²) in [5, 5.41) is 14.5. The van der Waals surface area contributed by atoms with Crippen LogP contribution in [0.25, 0.3) is 0 Å². The van der Waals surface area contributed by atoms with Crippen molar-refractivity contribution < 1.29 is 4.79 Å². The zero-order chi connectivity index (χ0) is 13.1. The van der Waals surface area contributed by atoms with Gasteiger partial charge >= 0.3 is 0 Å². The molecule has 0 aliphatic heterocycles. The van der Waals surface area contributed by atoms with Crippen molar-refractivity contribution in [1.29, 1.82) is 0 Å². The maximum absolute atomic E-state index is 11.8. The summed E-state index contributed by atoms with van der Waals surface area (Å²) in [6, 6.07) is 0. The molecule has 0 aliphatic carbocycles. The van der Waals surface area contributed by atoms with E-state index in [9.17, 15) is 4.79 Å². The van der Waals surface area contributed by atoms with Crippen LogP contribution < -0.4 is 10.6 Å². The van der Waals surface area contributed by atoms with E-state index in [1.54, 1.807) is 7.05 Å². The Kier molecular flexibility index (Phi) is 4.45. The smallest absolute Gasteiger partial charge is 0.282 e. The summed E-state index contributed by atoms with van der Waals surface area (Å²) in [7, 11) is 1.75. The number of anilines is 1. The molecule has 0 aromatic carbocycles. The molecule has 0 saturated carbocycles. The molecule has 6 heteroatoms. The Morgan fingerprint density at radius 1 is 1.41 bits per heavy atom. The fourth-order valence-electron chi connectivity index (χ4n) is 1.00. The number of carbonyl (C=O) groups is 1. The van der Waals surface area contributed by atoms with Crippen LogP contribution >= 0.6 is 11.3 Å². The van der Waals surface area contributed by atoms with Crippen LogP contribution in [0.2, 0.25) is 0 Å². The molecule has 1 amide bonds. The van der Waals surface area contributed by atoms with Crippen molar-refractivity contribution in [2.24, 2.45) is 11.3 Å². The Morgan fingerprint density at radius 3 is 2.53 bits per heavy atom. The molecule has 5 nitrogen and oxygen atoms in total. The van der Waals surface area contributed by atoms with Crippen LogP contribution in [0.15, 0.2) is 0 Å². The molecule has 1 aromatic heterocycles. The van der Waals surface area contributed by atoms with E-state index in [1.165, 1.54) is 11.3 Å². The van der Waals surface area contributed by atoms with Gasteiger partial charge in [0.1, 0.15) is 0 Å². The third-order valence-corrected chi connectivity index (χ3v) is 4.04. The van der Waals surface area contributed by atoms with Crippen molar-refractivity contribution in [1.82, 2.24) is 15.5 Å². The van der Waals surface area contributed by atoms with Gasteiger partial charge in [0.15, 0.2) is 0 Å². The van der Waals surface area contributed by atoms with Gasteiger partial charge in [0.2, 0.25) is 10.1 Å². The van der Waals surface area contributed by atoms with Crippen LogP contribution in [0.4, 0.5) is 5.13 Å². The number of hydrogen-bond donors (Lipinski definition) is 2. The third-order valence-electron chi connectivity index (χ3n) is 3.10. The van der Waals surface area contributed by atoms with E-state index in [-0.39, 0.29) is 11.3 Å². The number of rotatable bonds is 5. The number of aromatic nitrogens is 2. The maximum atomic E-state index is 11.8. The van der Waals surface area contributed by atoms with E-state index in [0.29, 0.717) is 22.6 Å². The number of nitrogens with one attached hydrogen (secondary N) is 2. The summed E-state index contributed by atoms with van der Waals surface area (Å²) in [5.41, 5.74) is 0.0756. The molecular weight excluding hydrogens is 236 g/mol. The highest BCUT2D eigenvalue weighted by atomic mass is 32.1. The second kappa shape index (κ2) is 5.44. The van der Waals surface area contributed by atoms with Gasteiger partial charge in [-0.3, -0.25) is 4.79 Å². The maximum Gasteiger partial charge on any atom is 0.282 e. The summed E-state index contributed by atoms with van der Waals surface area (Å²) in [4.78, 5) is 11.8. The van der Waals surface area contributed by atoms with E-state index < -0.39 is 0 Å². The average molecular weight is 256 g/mol. The number of nitrogens with zero attached hydrogens (tertiary/aromatic N) is 2. The van der Waals surface area contributed by atoms with Crippen molar-refractivity contribution in [3.8, 4) is 0 Å². The minimum absolute atomic E-state index is 0.0756. The molecule has 96 valence electrons. The Balaban J connectivity index is 2.56. The minimum atomic E-state index is -0.155. The van der Waals surface area contributed by atoms with E-state index >= 15 is 0 Å². The summed E-state index contributed by atoms with van der Waals surface area (Å²) >= 11 is 1.25. The topological polar surface area (TPSA) is 66.9 Å². The normalized spacial score (nSPS) is 11.6. The molecule has 0 atom stereocenters. The second-order valence-electron chi connectivity index (χ2n) is 4.99. The Morgan fingerprint density at radius 2 is 2.06 bits per heavy atom. The van der Waals surface area contributed by atoms with Crippen LogP contribution in [-0.4, -0.2) is 29.7 Å². The molecule has 0 radical (unpaired) electrons. The van der Waals surface area contributed by atoms with Crippen molar-refractivity contribution in [3.05, 3.63) is 5.01 Å². The van der Waals surface area contributed by atoms with Gasteiger partial charge in [0, 0.05) is 13.6 Å². The Labute approximate surface area is 106 Å². The standard InChI is InChI=1S/C11H20N4OS/c1-7(2)11(3,4)6-13-8(16)9-14-15-10(12-5)17-9/h7H,6H2,1-5H3,(H,12,15)(H,13,16). The Bertz CT molecular complexity index is 387. The quantitative estimate of drug-likeness (QED) is 0.845. The van der Waals surface area contributed by atoms with Crippen molar-refractivity contribution in [2.75, 3.05) is 18.9 Å². The van der Waals surface area contributed by atoms with Gasteiger partial charge in [-0.1, -0.05) is 39.0 Å². The van der Waals surface area contributed by atoms with Crippen molar-refractivity contribution in [3.63, 3.8) is 0 Å². The number of hydrogen-bond acceptors (Lipinski definition) is 5. The zero-order valence-corrected chi connectivity index (χ0v) is 11.8. The molecular formula is C11H20N4OS. The molecule has 0 spiro atoms. The lowest BCUT2D eigenvalue weighted by Gasteiger charge is -2.29. The van der Waals surface area contributed by atoms with Crippen molar-refractivity contribution in [2.45, 2.75) is 27.7 Å². The molecule has 0 saturated heterocycles. The summed E-state index contributed by atoms with van der Waals surface area (Å²) in [6.07, 6.45) is 0. The van der Waals surface area contributed by atoms with Gasteiger partial charge in [-0.2, -0.15) is 0 Å². The molecule has 0 fully saturated rings. The summed E-state index contributed by atoms with van der Waals surface area (Å²) in [5.74, 6) is 0.350. The Hall–Kier alpha value is -1.17. The van der Waals surface area contributed by atoms with E-state index in [0.717, 1.165) is 0 Å². The molecule has 2 N–H and O–H groups in total. The van der Waals surface area contributed by atoms with Gasteiger partial charge < -0.3 is 10.6 Å². The average Bonchev–Trinajstić information content (AvgIpc) is 2.74. The molecule has 17 heavy (non-hydrogen) atoms. The fraction of sp³-hybridized carbons (Fsp3) is 0.727. The lowest BCUT2D eigenvalue weighted by Crippen LogP contribution is -2.36. The first-order valence-electron chi connectivity index (χ1n) is 5.66. The van der Waals surface area contributed by atoms with Crippen LogP contribution in [0.1, 0.15) is 37.5 Å². The van der Waals surface area contributed by atoms with E-state index in [4.69, 9.17) is 0 Å². The van der Waals surface area contributed by atoms with Gasteiger partial charge in [0.25, 0.3) is 5.91 Å². The first kappa shape index (κ1) is 13.9. The van der Waals surface area contributed by atoms with Gasteiger partial charge in [-0.15, -0.1) is 10.2 Å². The van der Waals surface area contributed by atoms with Gasteiger partial charge in [0.05, 0.1) is 0 Å². The largest absolute Gasteiger partial charge is 0.363 e. The molecule has 1 rings (SSSR count). The van der Waals surface area contributed by atoms with Gasteiger partial charge in [-0.05, 0) is 11.3 Å². The number of carbonyl (C=O) groups excluding carboxylic acids is 1. The molecule has 0 unspecified atom stereocenters.